The number of benzene rings is 2. The van der Waals surface area contributed by atoms with Crippen LogP contribution in [0.25, 0.3) is 0 Å². The molecule has 37 heavy (non-hydrogen) atoms. The maximum absolute atomic E-state index is 14.8. The summed E-state index contributed by atoms with van der Waals surface area (Å²) in [6.07, 6.45) is -1.20. The Morgan fingerprint density at radius 2 is 1.76 bits per heavy atom. The molecule has 0 bridgehead atoms. The average molecular weight is 514 g/mol. The van der Waals surface area contributed by atoms with E-state index in [0.717, 1.165) is 44.5 Å². The van der Waals surface area contributed by atoms with Crippen molar-refractivity contribution >= 4 is 11.6 Å². The highest BCUT2D eigenvalue weighted by Gasteiger charge is 2.53. The number of anilines is 1. The fraction of sp³-hybridized carbons (Fsp3) is 0.429. The number of aliphatic hydroxyl groups is 1. The molecular formula is C28H27F4N3O2. The van der Waals surface area contributed by atoms with Gasteiger partial charge >= 0.3 is 6.18 Å². The Morgan fingerprint density at radius 3 is 2.35 bits per heavy atom. The number of amides is 1. The fourth-order valence-electron chi connectivity index (χ4n) is 4.75. The molecule has 9 heteroatoms. The molecule has 194 valence electrons. The van der Waals surface area contributed by atoms with E-state index in [1.54, 1.807) is 0 Å². The minimum Gasteiger partial charge on any atom is -0.369 e. The molecule has 0 aromatic heterocycles. The number of carbonyl (C=O) groups is 1. The first kappa shape index (κ1) is 26.7. The monoisotopic (exact) mass is 513 g/mol. The molecule has 0 radical (unpaired) electrons. The number of alkyl halides is 3. The molecule has 1 heterocycles. The van der Waals surface area contributed by atoms with E-state index in [1.807, 2.05) is 6.07 Å². The van der Waals surface area contributed by atoms with Crippen LogP contribution in [-0.2, 0) is 16.4 Å². The van der Waals surface area contributed by atoms with Crippen LogP contribution in [0, 0.1) is 29.0 Å². The molecule has 1 aliphatic carbocycles. The third-order valence-electron chi connectivity index (χ3n) is 7.01. The van der Waals surface area contributed by atoms with E-state index in [-0.39, 0.29) is 12.0 Å². The number of likely N-dealkylation sites (tertiary alicyclic amines) is 1. The number of hydrogen-bond acceptors (Lipinski definition) is 4. The van der Waals surface area contributed by atoms with Gasteiger partial charge in [0.1, 0.15) is 5.82 Å². The molecule has 2 fully saturated rings. The van der Waals surface area contributed by atoms with Gasteiger partial charge in [-0.1, -0.05) is 18.3 Å². The first-order valence-corrected chi connectivity index (χ1v) is 12.2. The van der Waals surface area contributed by atoms with E-state index in [4.69, 9.17) is 5.26 Å². The summed E-state index contributed by atoms with van der Waals surface area (Å²) in [4.78, 5) is 15.4. The Hall–Kier alpha value is -3.40. The van der Waals surface area contributed by atoms with E-state index in [0.29, 0.717) is 36.7 Å². The van der Waals surface area contributed by atoms with Crippen LogP contribution in [0.15, 0.2) is 42.5 Å². The van der Waals surface area contributed by atoms with Gasteiger partial charge in [0.25, 0.3) is 5.91 Å². The standard InChI is InChI=1S/C28H27F4N3O2/c29-24-10-7-21(28(30,31)32)17-23(24)26(12-13-26)19-27(37,11-4-16-35-14-2-1-3-15-35)25(36)34-22-8-5-20(18-33)6-9-22/h5-10,17,37H,1-3,12-16,19H2,(H,34,36). The van der Waals surface area contributed by atoms with E-state index in [2.05, 4.69) is 22.1 Å². The van der Waals surface area contributed by atoms with Crippen LogP contribution in [0.1, 0.15) is 55.2 Å². The molecule has 4 rings (SSSR count). The number of carbonyl (C=O) groups excluding carboxylic acids is 1. The second-order valence-electron chi connectivity index (χ2n) is 9.79. The van der Waals surface area contributed by atoms with Crippen molar-refractivity contribution in [3.63, 3.8) is 0 Å². The molecule has 0 spiro atoms. The Kier molecular flexibility index (Phi) is 7.59. The normalized spacial score (nSPS) is 18.6. The third-order valence-corrected chi connectivity index (χ3v) is 7.01. The third kappa shape index (κ3) is 6.30. The molecular weight excluding hydrogens is 486 g/mol. The van der Waals surface area contributed by atoms with Crippen molar-refractivity contribution in [3.8, 4) is 17.9 Å². The maximum atomic E-state index is 14.8. The SMILES string of the molecule is N#Cc1ccc(NC(=O)C(O)(C#CCN2CCCCC2)CC2(c3cc(C(F)(F)F)ccc3F)CC2)cc1. The number of nitriles is 1. The van der Waals surface area contributed by atoms with Gasteiger partial charge in [0.15, 0.2) is 0 Å². The number of rotatable bonds is 6. The number of piperidine rings is 1. The summed E-state index contributed by atoms with van der Waals surface area (Å²) in [6, 6.07) is 10.2. The summed E-state index contributed by atoms with van der Waals surface area (Å²) >= 11 is 0. The zero-order chi connectivity index (χ0) is 26.7. The second-order valence-corrected chi connectivity index (χ2v) is 9.79. The molecule has 1 atom stereocenters. The average Bonchev–Trinajstić information content (AvgIpc) is 3.64. The van der Waals surface area contributed by atoms with Gasteiger partial charge in [0.2, 0.25) is 5.60 Å². The van der Waals surface area contributed by atoms with Gasteiger partial charge in [-0.15, -0.1) is 0 Å². The van der Waals surface area contributed by atoms with Crippen molar-refractivity contribution in [2.24, 2.45) is 0 Å². The van der Waals surface area contributed by atoms with Crippen LogP contribution < -0.4 is 5.32 Å². The van der Waals surface area contributed by atoms with Crippen LogP contribution in [0.2, 0.25) is 0 Å². The summed E-state index contributed by atoms with van der Waals surface area (Å²) < 4.78 is 54.8. The van der Waals surface area contributed by atoms with Gasteiger partial charge in [-0.2, -0.15) is 18.4 Å². The predicted octanol–water partition coefficient (Wildman–Crippen LogP) is 5.00. The summed E-state index contributed by atoms with van der Waals surface area (Å²) in [5.41, 5.74) is -3.90. The molecule has 1 unspecified atom stereocenters. The highest BCUT2D eigenvalue weighted by Crippen LogP contribution is 2.54. The molecule has 1 saturated carbocycles. The lowest BCUT2D eigenvalue weighted by atomic mass is 9.82. The van der Waals surface area contributed by atoms with Crippen LogP contribution >= 0.6 is 0 Å². The lowest BCUT2D eigenvalue weighted by Crippen LogP contribution is -2.45. The molecule has 2 N–H and O–H groups in total. The van der Waals surface area contributed by atoms with Crippen molar-refractivity contribution in [1.29, 1.82) is 5.26 Å². The first-order chi connectivity index (χ1) is 17.5. The van der Waals surface area contributed by atoms with Crippen LogP contribution in [0.4, 0.5) is 23.2 Å². The van der Waals surface area contributed by atoms with Gasteiger partial charge in [0.05, 0.1) is 23.7 Å². The Bertz CT molecular complexity index is 1250. The van der Waals surface area contributed by atoms with Gasteiger partial charge in [-0.25, -0.2) is 4.39 Å². The lowest BCUT2D eigenvalue weighted by Gasteiger charge is -2.28. The Morgan fingerprint density at radius 1 is 1.08 bits per heavy atom. The number of halogens is 4. The molecule has 2 aromatic carbocycles. The lowest BCUT2D eigenvalue weighted by molar-refractivity contribution is -0.137. The molecule has 2 aliphatic rings. The van der Waals surface area contributed by atoms with Crippen LogP contribution in [0.3, 0.4) is 0 Å². The molecule has 2 aromatic rings. The van der Waals surface area contributed by atoms with Gasteiger partial charge in [-0.3, -0.25) is 9.69 Å². The molecule has 1 aliphatic heterocycles. The summed E-state index contributed by atoms with van der Waals surface area (Å²) in [7, 11) is 0. The highest BCUT2D eigenvalue weighted by atomic mass is 19.4. The Balaban J connectivity index is 1.63. The summed E-state index contributed by atoms with van der Waals surface area (Å²) in [5.74, 6) is 3.87. The smallest absolute Gasteiger partial charge is 0.369 e. The minimum absolute atomic E-state index is 0.176. The minimum atomic E-state index is -4.66. The number of nitrogens with zero attached hydrogens (tertiary/aromatic N) is 2. The van der Waals surface area contributed by atoms with Crippen molar-refractivity contribution < 1.29 is 27.5 Å². The molecule has 1 saturated heterocycles. The van der Waals surface area contributed by atoms with Crippen molar-refractivity contribution in [1.82, 2.24) is 4.90 Å². The first-order valence-electron chi connectivity index (χ1n) is 12.2. The van der Waals surface area contributed by atoms with Gasteiger partial charge in [0, 0.05) is 17.5 Å². The summed E-state index contributed by atoms with van der Waals surface area (Å²) in [6.45, 7) is 2.03. The molecule has 1 amide bonds. The van der Waals surface area contributed by atoms with E-state index >= 15 is 0 Å². The van der Waals surface area contributed by atoms with Gasteiger partial charge in [-0.05, 0) is 86.8 Å². The topological polar surface area (TPSA) is 76.4 Å². The quantitative estimate of drug-likeness (QED) is 0.421. The van der Waals surface area contributed by atoms with Crippen molar-refractivity contribution in [2.75, 3.05) is 25.0 Å². The number of nitrogens with one attached hydrogen (secondary N) is 1. The van der Waals surface area contributed by atoms with Gasteiger partial charge < -0.3 is 10.4 Å². The zero-order valence-corrected chi connectivity index (χ0v) is 20.2. The Labute approximate surface area is 213 Å². The largest absolute Gasteiger partial charge is 0.416 e. The van der Waals surface area contributed by atoms with E-state index < -0.39 is 34.5 Å². The van der Waals surface area contributed by atoms with Crippen molar-refractivity contribution in [3.05, 3.63) is 65.0 Å². The molecule has 5 nitrogen and oxygen atoms in total. The van der Waals surface area contributed by atoms with Crippen LogP contribution in [-0.4, -0.2) is 41.1 Å². The fourth-order valence-corrected chi connectivity index (χ4v) is 4.75. The maximum Gasteiger partial charge on any atom is 0.416 e. The van der Waals surface area contributed by atoms with E-state index in [9.17, 15) is 27.5 Å². The highest BCUT2D eigenvalue weighted by molar-refractivity contribution is 5.99. The van der Waals surface area contributed by atoms with E-state index in [1.165, 1.54) is 24.3 Å². The number of hydrogen-bond donors (Lipinski definition) is 2. The van der Waals surface area contributed by atoms with Crippen LogP contribution in [0.5, 0.6) is 0 Å². The zero-order valence-electron chi connectivity index (χ0n) is 20.2. The predicted molar refractivity (Wildman–Crippen MR) is 130 cm³/mol. The summed E-state index contributed by atoms with van der Waals surface area (Å²) in [5, 5.41) is 23.1. The second kappa shape index (κ2) is 10.5. The van der Waals surface area contributed by atoms with Crippen molar-refractivity contribution in [2.45, 2.75) is 55.7 Å².